The second-order valence-electron chi connectivity index (χ2n) is 8.57. The fourth-order valence-corrected chi connectivity index (χ4v) is 6.11. The number of phenols is 2. The lowest BCUT2D eigenvalue weighted by Gasteiger charge is -2.40. The summed E-state index contributed by atoms with van der Waals surface area (Å²) in [6.07, 6.45) is 7.84. The van der Waals surface area contributed by atoms with Gasteiger partial charge in [0.25, 0.3) is 5.91 Å². The van der Waals surface area contributed by atoms with Crippen LogP contribution in [0.3, 0.4) is 0 Å². The Morgan fingerprint density at radius 1 is 1.22 bits per heavy atom. The van der Waals surface area contributed by atoms with Gasteiger partial charge in [-0.05, 0) is 56.8 Å². The Hall–Kier alpha value is -1.95. The molecule has 4 rings (SSSR count). The van der Waals surface area contributed by atoms with Crippen LogP contribution in [0.15, 0.2) is 6.07 Å². The van der Waals surface area contributed by atoms with Gasteiger partial charge in [-0.2, -0.15) is 0 Å². The maximum absolute atomic E-state index is 12.6. The lowest BCUT2D eigenvalue weighted by atomic mass is 9.73. The first-order valence-corrected chi connectivity index (χ1v) is 10.0. The summed E-state index contributed by atoms with van der Waals surface area (Å²) in [7, 11) is 0. The normalized spacial score (nSPS) is 31.4. The topological polar surface area (TPSA) is 98.7 Å². The standard InChI is InChI=1S/C20H25ClN2O4/c1-10-16(14(21)7-15(24)17(10)25)18(26)22-19(27)23-20-4-2-3-12-5-11(8-20)6-13(12)9-20/h7,11-13,24-25H,2-6,8-9H2,1H3,(H2,22,23,26,27). The van der Waals surface area contributed by atoms with E-state index in [0.29, 0.717) is 11.8 Å². The summed E-state index contributed by atoms with van der Waals surface area (Å²) < 4.78 is 0. The first-order chi connectivity index (χ1) is 12.8. The zero-order valence-electron chi connectivity index (χ0n) is 15.3. The summed E-state index contributed by atoms with van der Waals surface area (Å²) in [5, 5.41) is 24.9. The third kappa shape index (κ3) is 3.24. The number of nitrogens with one attached hydrogen (secondary N) is 2. The van der Waals surface area contributed by atoms with Gasteiger partial charge in [-0.1, -0.05) is 24.4 Å². The Morgan fingerprint density at radius 2 is 1.96 bits per heavy atom. The molecule has 3 amide bonds. The van der Waals surface area contributed by atoms with Crippen LogP contribution >= 0.6 is 11.6 Å². The van der Waals surface area contributed by atoms with Gasteiger partial charge in [0, 0.05) is 17.2 Å². The number of phenolic OH excluding ortho intramolecular Hbond substituents is 2. The molecule has 4 atom stereocenters. The fraction of sp³-hybridized carbons (Fsp3) is 0.600. The van der Waals surface area contributed by atoms with Crippen molar-refractivity contribution < 1.29 is 19.8 Å². The number of rotatable bonds is 2. The van der Waals surface area contributed by atoms with Crippen LogP contribution < -0.4 is 10.6 Å². The Balaban J connectivity index is 1.49. The van der Waals surface area contributed by atoms with Crippen LogP contribution in [0.2, 0.25) is 5.02 Å². The molecule has 6 nitrogen and oxygen atoms in total. The Morgan fingerprint density at radius 3 is 2.74 bits per heavy atom. The van der Waals surface area contributed by atoms with Gasteiger partial charge in [0.2, 0.25) is 0 Å². The van der Waals surface area contributed by atoms with Crippen molar-refractivity contribution in [2.45, 2.75) is 57.4 Å². The third-order valence-electron chi connectivity index (χ3n) is 6.81. The highest BCUT2D eigenvalue weighted by atomic mass is 35.5. The number of hydrogen-bond acceptors (Lipinski definition) is 4. The highest BCUT2D eigenvalue weighted by Gasteiger charge is 2.50. The van der Waals surface area contributed by atoms with Gasteiger partial charge in [0.05, 0.1) is 10.6 Å². The molecule has 27 heavy (non-hydrogen) atoms. The van der Waals surface area contributed by atoms with E-state index in [1.54, 1.807) is 0 Å². The highest BCUT2D eigenvalue weighted by molar-refractivity contribution is 6.34. The minimum absolute atomic E-state index is 0.00994. The third-order valence-corrected chi connectivity index (χ3v) is 7.11. The first-order valence-electron chi connectivity index (χ1n) is 9.62. The van der Waals surface area contributed by atoms with Crippen molar-refractivity contribution in [2.75, 3.05) is 0 Å². The molecule has 3 aliphatic carbocycles. The number of imide groups is 1. The van der Waals surface area contributed by atoms with Crippen LogP contribution in [-0.4, -0.2) is 27.7 Å². The second kappa shape index (κ2) is 6.59. The van der Waals surface area contributed by atoms with E-state index in [1.165, 1.54) is 26.2 Å². The number of urea groups is 1. The quantitative estimate of drug-likeness (QED) is 0.574. The number of hydrogen-bond donors (Lipinski definition) is 4. The van der Waals surface area contributed by atoms with Gasteiger partial charge in [0.1, 0.15) is 0 Å². The summed E-state index contributed by atoms with van der Waals surface area (Å²) in [5.74, 6) is 0.661. The Bertz CT molecular complexity index is 812. The molecule has 3 fully saturated rings. The van der Waals surface area contributed by atoms with Crippen LogP contribution in [0.1, 0.15) is 60.9 Å². The average molecular weight is 393 g/mol. The molecule has 0 aromatic heterocycles. The van der Waals surface area contributed by atoms with Crippen LogP contribution in [-0.2, 0) is 0 Å². The van der Waals surface area contributed by atoms with Crippen LogP contribution in [0, 0.1) is 24.7 Å². The Kier molecular flexibility index (Phi) is 4.49. The SMILES string of the molecule is Cc1c(O)c(O)cc(Cl)c1C(=O)NC(=O)NC12CCCC3CC(CC3C1)C2. The van der Waals surface area contributed by atoms with E-state index in [0.717, 1.165) is 37.7 Å². The molecule has 1 aromatic carbocycles. The molecular weight excluding hydrogens is 368 g/mol. The molecule has 4 N–H and O–H groups in total. The van der Waals surface area contributed by atoms with Crippen LogP contribution in [0.25, 0.3) is 0 Å². The molecule has 0 aliphatic heterocycles. The van der Waals surface area contributed by atoms with Crippen molar-refractivity contribution in [1.82, 2.24) is 10.6 Å². The molecule has 7 heteroatoms. The van der Waals surface area contributed by atoms with E-state index >= 15 is 0 Å². The number of halogens is 1. The molecule has 3 aliphatic rings. The lowest BCUT2D eigenvalue weighted by molar-refractivity contribution is 0.0955. The minimum Gasteiger partial charge on any atom is -0.504 e. The van der Waals surface area contributed by atoms with E-state index in [9.17, 15) is 19.8 Å². The molecule has 0 heterocycles. The van der Waals surface area contributed by atoms with E-state index < -0.39 is 23.4 Å². The summed E-state index contributed by atoms with van der Waals surface area (Å²) in [5.41, 5.74) is -0.0974. The maximum atomic E-state index is 12.6. The van der Waals surface area contributed by atoms with Crippen molar-refractivity contribution in [1.29, 1.82) is 0 Å². The van der Waals surface area contributed by atoms with Crippen molar-refractivity contribution >= 4 is 23.5 Å². The van der Waals surface area contributed by atoms with Gasteiger partial charge in [-0.25, -0.2) is 4.79 Å². The van der Waals surface area contributed by atoms with Crippen molar-refractivity contribution in [3.05, 3.63) is 22.2 Å². The van der Waals surface area contributed by atoms with Crippen molar-refractivity contribution in [3.63, 3.8) is 0 Å². The molecule has 1 aromatic rings. The molecule has 3 saturated carbocycles. The molecule has 0 radical (unpaired) electrons. The van der Waals surface area contributed by atoms with Gasteiger partial charge in [-0.15, -0.1) is 0 Å². The molecule has 146 valence electrons. The van der Waals surface area contributed by atoms with E-state index in [4.69, 9.17) is 11.6 Å². The summed E-state index contributed by atoms with van der Waals surface area (Å²) in [4.78, 5) is 25.2. The maximum Gasteiger partial charge on any atom is 0.322 e. The first kappa shape index (κ1) is 18.4. The summed E-state index contributed by atoms with van der Waals surface area (Å²) >= 11 is 6.04. The number of carbonyl (C=O) groups is 2. The van der Waals surface area contributed by atoms with Crippen LogP contribution in [0.5, 0.6) is 11.5 Å². The zero-order chi connectivity index (χ0) is 19.3. The van der Waals surface area contributed by atoms with E-state index in [1.807, 2.05) is 0 Å². The van der Waals surface area contributed by atoms with Crippen molar-refractivity contribution in [2.24, 2.45) is 17.8 Å². The number of aromatic hydroxyl groups is 2. The Labute approximate surface area is 163 Å². The number of carbonyl (C=O) groups excluding carboxylic acids is 2. The molecule has 3 bridgehead atoms. The molecule has 0 saturated heterocycles. The highest BCUT2D eigenvalue weighted by Crippen LogP contribution is 2.54. The average Bonchev–Trinajstić information content (AvgIpc) is 2.79. The minimum atomic E-state index is -0.688. The lowest BCUT2D eigenvalue weighted by Crippen LogP contribution is -2.55. The zero-order valence-corrected chi connectivity index (χ0v) is 16.1. The number of benzene rings is 1. The fourth-order valence-electron chi connectivity index (χ4n) is 5.78. The van der Waals surface area contributed by atoms with Gasteiger partial charge in [0.15, 0.2) is 11.5 Å². The van der Waals surface area contributed by atoms with Gasteiger partial charge in [-0.3, -0.25) is 10.1 Å². The summed E-state index contributed by atoms with van der Waals surface area (Å²) in [6.45, 7) is 1.47. The van der Waals surface area contributed by atoms with Crippen molar-refractivity contribution in [3.8, 4) is 11.5 Å². The second-order valence-corrected chi connectivity index (χ2v) is 8.98. The van der Waals surface area contributed by atoms with E-state index in [-0.39, 0.29) is 21.7 Å². The van der Waals surface area contributed by atoms with Gasteiger partial charge < -0.3 is 15.5 Å². The molecular formula is C20H25ClN2O4. The molecule has 0 spiro atoms. The molecule has 4 unspecified atom stereocenters. The van der Waals surface area contributed by atoms with Gasteiger partial charge >= 0.3 is 6.03 Å². The number of amides is 3. The monoisotopic (exact) mass is 392 g/mol. The summed E-state index contributed by atoms with van der Waals surface area (Å²) in [6, 6.07) is 0.572. The largest absolute Gasteiger partial charge is 0.504 e. The number of fused-ring (bicyclic) bond motifs is 2. The van der Waals surface area contributed by atoms with Crippen LogP contribution in [0.4, 0.5) is 4.79 Å². The predicted octanol–water partition coefficient (Wildman–Crippen LogP) is 3.86. The predicted molar refractivity (Wildman–Crippen MR) is 101 cm³/mol. The van der Waals surface area contributed by atoms with E-state index in [2.05, 4.69) is 10.6 Å². The smallest absolute Gasteiger partial charge is 0.322 e.